The number of aromatic nitrogens is 2. The molecule has 0 bridgehead atoms. The number of carbonyl (C=O) groups excluding carboxylic acids is 1. The van der Waals surface area contributed by atoms with Crippen LogP contribution in [0.2, 0.25) is 0 Å². The van der Waals surface area contributed by atoms with Crippen molar-refractivity contribution in [1.82, 2.24) is 9.97 Å². The molecule has 21 heavy (non-hydrogen) atoms. The first-order valence-corrected chi connectivity index (χ1v) is 6.42. The van der Waals surface area contributed by atoms with Crippen LogP contribution in [0.3, 0.4) is 0 Å². The smallest absolute Gasteiger partial charge is 0.248 e. The molecular formula is C14H17N5O2. The van der Waals surface area contributed by atoms with Gasteiger partial charge < -0.3 is 15.9 Å². The van der Waals surface area contributed by atoms with Crippen LogP contribution in [0.25, 0.3) is 0 Å². The van der Waals surface area contributed by atoms with Gasteiger partial charge in [0.05, 0.1) is 5.56 Å². The van der Waals surface area contributed by atoms with E-state index in [1.807, 2.05) is 13.8 Å². The molecule has 2 aromatic rings. The Kier molecular flexibility index (Phi) is 4.34. The predicted octanol–water partition coefficient (Wildman–Crippen LogP) is 1.78. The lowest BCUT2D eigenvalue weighted by Crippen LogP contribution is -2.13. The van der Waals surface area contributed by atoms with Gasteiger partial charge in [-0.2, -0.15) is 0 Å². The molecule has 0 aliphatic carbocycles. The van der Waals surface area contributed by atoms with Crippen LogP contribution in [0.1, 0.15) is 35.7 Å². The second kappa shape index (κ2) is 6.19. The first kappa shape index (κ1) is 14.7. The average Bonchev–Trinajstić information content (AvgIpc) is 2.47. The Labute approximate surface area is 122 Å². The van der Waals surface area contributed by atoms with Crippen LogP contribution in [0, 0.1) is 0 Å². The standard InChI is InChI=1S/C14H17N5O2/c1-8(2)11-13(19-16)17-7-18-14(11)21-10-5-3-9(4-6-10)12(15)20/h3-8H,16H2,1-2H3,(H2,15,20)(H,17,18,19). The van der Waals surface area contributed by atoms with Crippen LogP contribution >= 0.6 is 0 Å². The van der Waals surface area contributed by atoms with Gasteiger partial charge in [0.15, 0.2) is 5.82 Å². The summed E-state index contributed by atoms with van der Waals surface area (Å²) in [5, 5.41) is 0. The zero-order valence-corrected chi connectivity index (χ0v) is 11.8. The number of benzene rings is 1. The fraction of sp³-hybridized carbons (Fsp3) is 0.214. The van der Waals surface area contributed by atoms with Crippen molar-refractivity contribution in [3.05, 3.63) is 41.7 Å². The number of ether oxygens (including phenoxy) is 1. The molecule has 0 saturated carbocycles. The molecule has 1 heterocycles. The highest BCUT2D eigenvalue weighted by Gasteiger charge is 2.16. The molecule has 1 aromatic heterocycles. The van der Waals surface area contributed by atoms with E-state index in [1.165, 1.54) is 6.33 Å². The van der Waals surface area contributed by atoms with Crippen molar-refractivity contribution in [3.63, 3.8) is 0 Å². The third kappa shape index (κ3) is 3.26. The number of hydrogen-bond donors (Lipinski definition) is 3. The van der Waals surface area contributed by atoms with E-state index in [-0.39, 0.29) is 5.92 Å². The Hall–Kier alpha value is -2.67. The largest absolute Gasteiger partial charge is 0.439 e. The maximum Gasteiger partial charge on any atom is 0.248 e. The van der Waals surface area contributed by atoms with Crippen molar-refractivity contribution in [3.8, 4) is 11.6 Å². The molecule has 110 valence electrons. The summed E-state index contributed by atoms with van der Waals surface area (Å²) in [4.78, 5) is 19.2. The van der Waals surface area contributed by atoms with Crippen molar-refractivity contribution in [2.45, 2.75) is 19.8 Å². The van der Waals surface area contributed by atoms with Crippen molar-refractivity contribution in [2.75, 3.05) is 5.43 Å². The van der Waals surface area contributed by atoms with Gasteiger partial charge >= 0.3 is 0 Å². The van der Waals surface area contributed by atoms with Gasteiger partial charge in [-0.3, -0.25) is 4.79 Å². The number of anilines is 1. The van der Waals surface area contributed by atoms with Gasteiger partial charge in [0.2, 0.25) is 11.8 Å². The molecule has 1 amide bonds. The SMILES string of the molecule is CC(C)c1c(NN)ncnc1Oc1ccc(C(N)=O)cc1. The second-order valence-electron chi connectivity index (χ2n) is 4.73. The molecule has 0 atom stereocenters. The summed E-state index contributed by atoms with van der Waals surface area (Å²) in [6.45, 7) is 3.98. The molecule has 0 spiro atoms. The number of nitrogens with zero attached hydrogens (tertiary/aromatic N) is 2. The maximum atomic E-state index is 11.0. The monoisotopic (exact) mass is 287 g/mol. The van der Waals surface area contributed by atoms with E-state index in [1.54, 1.807) is 24.3 Å². The highest BCUT2D eigenvalue weighted by atomic mass is 16.5. The van der Waals surface area contributed by atoms with E-state index in [2.05, 4.69) is 15.4 Å². The van der Waals surface area contributed by atoms with Gasteiger partial charge in [0.1, 0.15) is 12.1 Å². The van der Waals surface area contributed by atoms with Crippen molar-refractivity contribution < 1.29 is 9.53 Å². The van der Waals surface area contributed by atoms with Gasteiger partial charge in [-0.1, -0.05) is 13.8 Å². The minimum atomic E-state index is -0.485. The first-order chi connectivity index (χ1) is 10.0. The third-order valence-electron chi connectivity index (χ3n) is 2.91. The van der Waals surface area contributed by atoms with Crippen LogP contribution in [0.15, 0.2) is 30.6 Å². The first-order valence-electron chi connectivity index (χ1n) is 6.42. The number of primary amides is 1. The Balaban J connectivity index is 2.33. The van der Waals surface area contributed by atoms with Gasteiger partial charge in [-0.15, -0.1) is 0 Å². The topological polar surface area (TPSA) is 116 Å². The van der Waals surface area contributed by atoms with Crippen LogP contribution in [-0.2, 0) is 0 Å². The Morgan fingerprint density at radius 1 is 1.24 bits per heavy atom. The molecule has 0 radical (unpaired) electrons. The molecule has 5 N–H and O–H groups in total. The lowest BCUT2D eigenvalue weighted by Gasteiger charge is -2.15. The van der Waals surface area contributed by atoms with Crippen molar-refractivity contribution in [2.24, 2.45) is 11.6 Å². The number of amides is 1. The van der Waals surface area contributed by atoms with Gasteiger partial charge in [0, 0.05) is 5.56 Å². The lowest BCUT2D eigenvalue weighted by atomic mass is 10.1. The van der Waals surface area contributed by atoms with Crippen molar-refractivity contribution in [1.29, 1.82) is 0 Å². The third-order valence-corrected chi connectivity index (χ3v) is 2.91. The summed E-state index contributed by atoms with van der Waals surface area (Å²) in [7, 11) is 0. The molecular weight excluding hydrogens is 270 g/mol. The van der Waals surface area contributed by atoms with Gasteiger partial charge in [-0.25, -0.2) is 15.8 Å². The summed E-state index contributed by atoms with van der Waals surface area (Å²) in [6.07, 6.45) is 1.37. The molecule has 0 unspecified atom stereocenters. The maximum absolute atomic E-state index is 11.0. The number of nitrogen functional groups attached to an aromatic ring is 1. The number of nitrogens with one attached hydrogen (secondary N) is 1. The molecule has 0 aliphatic rings. The minimum Gasteiger partial charge on any atom is -0.439 e. The van der Waals surface area contributed by atoms with E-state index in [9.17, 15) is 4.79 Å². The Bertz CT molecular complexity index is 640. The number of rotatable bonds is 5. The molecule has 2 rings (SSSR count). The zero-order chi connectivity index (χ0) is 15.4. The predicted molar refractivity (Wildman–Crippen MR) is 79.0 cm³/mol. The fourth-order valence-electron chi connectivity index (χ4n) is 1.90. The van der Waals surface area contributed by atoms with Gasteiger partial charge in [-0.05, 0) is 30.2 Å². The van der Waals surface area contributed by atoms with E-state index >= 15 is 0 Å². The highest BCUT2D eigenvalue weighted by molar-refractivity contribution is 5.92. The number of nitrogens with two attached hydrogens (primary N) is 2. The average molecular weight is 287 g/mol. The molecule has 7 heteroatoms. The van der Waals surface area contributed by atoms with E-state index in [4.69, 9.17) is 16.3 Å². The molecule has 1 aromatic carbocycles. The molecule has 0 saturated heterocycles. The van der Waals surface area contributed by atoms with E-state index < -0.39 is 5.91 Å². The summed E-state index contributed by atoms with van der Waals surface area (Å²) >= 11 is 0. The quantitative estimate of drug-likeness (QED) is 0.570. The van der Waals surface area contributed by atoms with Crippen molar-refractivity contribution >= 4 is 11.7 Å². The summed E-state index contributed by atoms with van der Waals surface area (Å²) in [6, 6.07) is 6.50. The normalized spacial score (nSPS) is 10.5. The lowest BCUT2D eigenvalue weighted by molar-refractivity contribution is 0.100. The number of hydrogen-bond acceptors (Lipinski definition) is 6. The number of hydrazine groups is 1. The number of carbonyl (C=O) groups is 1. The highest BCUT2D eigenvalue weighted by Crippen LogP contribution is 2.32. The minimum absolute atomic E-state index is 0.122. The Morgan fingerprint density at radius 3 is 2.43 bits per heavy atom. The second-order valence-corrected chi connectivity index (χ2v) is 4.73. The molecule has 0 aliphatic heterocycles. The van der Waals surface area contributed by atoms with E-state index in [0.29, 0.717) is 23.0 Å². The zero-order valence-electron chi connectivity index (χ0n) is 11.8. The van der Waals surface area contributed by atoms with Gasteiger partial charge in [0.25, 0.3) is 0 Å². The fourth-order valence-corrected chi connectivity index (χ4v) is 1.90. The van der Waals surface area contributed by atoms with Crippen LogP contribution in [-0.4, -0.2) is 15.9 Å². The van der Waals surface area contributed by atoms with Crippen LogP contribution in [0.4, 0.5) is 5.82 Å². The van der Waals surface area contributed by atoms with E-state index in [0.717, 1.165) is 5.56 Å². The summed E-state index contributed by atoms with van der Waals surface area (Å²) in [5.74, 6) is 6.57. The van der Waals surface area contributed by atoms with Crippen LogP contribution < -0.4 is 21.7 Å². The summed E-state index contributed by atoms with van der Waals surface area (Å²) in [5.41, 5.74) is 8.92. The molecule has 0 fully saturated rings. The molecule has 7 nitrogen and oxygen atoms in total. The Morgan fingerprint density at radius 2 is 1.90 bits per heavy atom. The van der Waals surface area contributed by atoms with Crippen LogP contribution in [0.5, 0.6) is 11.6 Å². The summed E-state index contributed by atoms with van der Waals surface area (Å²) < 4.78 is 5.75.